The van der Waals surface area contributed by atoms with Gasteiger partial charge in [-0.05, 0) is 59.0 Å². The van der Waals surface area contributed by atoms with E-state index in [1.165, 1.54) is 42.7 Å². The standard InChI is InChI=1S/C28H26F3N5O4S/c29-28(30,31)27-33-26(34-40-27)10-7-21-11-14-36(19-21)41(38,39)24-8-5-20(6-9-24)18-35(15-16-37)13-12-23-17-22-3-1-2-4-25(22)32-23/h1-11,14,17,19,32,37H,12-13,15-16,18H2. The van der Waals surface area contributed by atoms with Gasteiger partial charge in [0.2, 0.25) is 0 Å². The molecular formula is C28H26F3N5O4S. The molecule has 0 aliphatic heterocycles. The Bertz CT molecular complexity index is 1720. The number of fused-ring (bicyclic) bond motifs is 1. The summed E-state index contributed by atoms with van der Waals surface area (Å²) in [5, 5.41) is 13.9. The van der Waals surface area contributed by atoms with Gasteiger partial charge in [0.1, 0.15) is 0 Å². The van der Waals surface area contributed by atoms with Crippen LogP contribution in [0.15, 0.2) is 82.5 Å². The molecule has 3 heterocycles. The van der Waals surface area contributed by atoms with Gasteiger partial charge >= 0.3 is 12.1 Å². The van der Waals surface area contributed by atoms with Gasteiger partial charge in [0, 0.05) is 49.7 Å². The second kappa shape index (κ2) is 11.7. The van der Waals surface area contributed by atoms with Crippen molar-refractivity contribution in [2.75, 3.05) is 19.7 Å². The normalized spacial score (nSPS) is 12.7. The number of alkyl halides is 3. The molecule has 0 unspecified atom stereocenters. The fraction of sp³-hybridized carbons (Fsp3) is 0.214. The Morgan fingerprint density at radius 2 is 1.83 bits per heavy atom. The number of H-pyrrole nitrogens is 1. The van der Waals surface area contributed by atoms with Crippen molar-refractivity contribution < 1.29 is 31.2 Å². The molecule has 5 rings (SSSR count). The molecule has 0 bridgehead atoms. The molecule has 0 aliphatic carbocycles. The first-order valence-corrected chi connectivity index (χ1v) is 14.1. The van der Waals surface area contributed by atoms with Crippen molar-refractivity contribution in [3.63, 3.8) is 0 Å². The Balaban J connectivity index is 1.22. The predicted octanol–water partition coefficient (Wildman–Crippen LogP) is 4.82. The first kappa shape index (κ1) is 28.3. The summed E-state index contributed by atoms with van der Waals surface area (Å²) in [5.74, 6) is -1.76. The number of aliphatic hydroxyl groups excluding tert-OH is 1. The van der Waals surface area contributed by atoms with Gasteiger partial charge in [-0.1, -0.05) is 35.5 Å². The maximum Gasteiger partial charge on any atom is 0.471 e. The van der Waals surface area contributed by atoms with Crippen LogP contribution >= 0.6 is 0 Å². The number of aliphatic hydroxyl groups is 1. The van der Waals surface area contributed by atoms with Crippen molar-refractivity contribution in [2.24, 2.45) is 0 Å². The molecule has 0 saturated heterocycles. The van der Waals surface area contributed by atoms with Crippen LogP contribution in [0.4, 0.5) is 13.2 Å². The minimum Gasteiger partial charge on any atom is -0.395 e. The van der Waals surface area contributed by atoms with Gasteiger partial charge in [-0.25, -0.2) is 12.4 Å². The lowest BCUT2D eigenvalue weighted by Gasteiger charge is -2.21. The molecule has 0 spiro atoms. The smallest absolute Gasteiger partial charge is 0.395 e. The number of halogens is 3. The lowest BCUT2D eigenvalue weighted by atomic mass is 10.2. The van der Waals surface area contributed by atoms with E-state index >= 15 is 0 Å². The lowest BCUT2D eigenvalue weighted by Crippen LogP contribution is -2.28. The molecule has 5 aromatic rings. The fourth-order valence-electron chi connectivity index (χ4n) is 4.33. The number of para-hydroxylation sites is 1. The van der Waals surface area contributed by atoms with Crippen molar-refractivity contribution in [1.29, 1.82) is 0 Å². The molecule has 41 heavy (non-hydrogen) atoms. The highest BCUT2D eigenvalue weighted by atomic mass is 32.2. The average molecular weight is 586 g/mol. The van der Waals surface area contributed by atoms with Crippen molar-refractivity contribution in [3.05, 3.63) is 102 Å². The van der Waals surface area contributed by atoms with E-state index in [0.717, 1.165) is 32.6 Å². The highest BCUT2D eigenvalue weighted by Gasteiger charge is 2.38. The van der Waals surface area contributed by atoms with Gasteiger partial charge in [-0.3, -0.25) is 4.90 Å². The molecule has 9 nitrogen and oxygen atoms in total. The third-order valence-electron chi connectivity index (χ3n) is 6.40. The van der Waals surface area contributed by atoms with Crippen molar-refractivity contribution in [1.82, 2.24) is 24.0 Å². The number of nitrogens with zero attached hydrogens (tertiary/aromatic N) is 4. The second-order valence-corrected chi connectivity index (χ2v) is 11.2. The maximum atomic E-state index is 13.1. The lowest BCUT2D eigenvalue weighted by molar-refractivity contribution is -0.159. The molecule has 214 valence electrons. The monoisotopic (exact) mass is 585 g/mol. The van der Waals surface area contributed by atoms with E-state index in [0.29, 0.717) is 25.2 Å². The summed E-state index contributed by atoms with van der Waals surface area (Å²) in [6.45, 7) is 1.71. The van der Waals surface area contributed by atoms with E-state index in [1.807, 2.05) is 24.3 Å². The minimum atomic E-state index is -4.75. The first-order valence-electron chi connectivity index (χ1n) is 12.6. The van der Waals surface area contributed by atoms with Crippen LogP contribution in [0.25, 0.3) is 23.1 Å². The Morgan fingerprint density at radius 1 is 1.05 bits per heavy atom. The van der Waals surface area contributed by atoms with Crippen LogP contribution in [0.3, 0.4) is 0 Å². The van der Waals surface area contributed by atoms with Crippen LogP contribution in [-0.2, 0) is 29.2 Å². The van der Waals surface area contributed by atoms with Gasteiger partial charge in [0.15, 0.2) is 5.82 Å². The Morgan fingerprint density at radius 3 is 2.54 bits per heavy atom. The van der Waals surface area contributed by atoms with Crippen molar-refractivity contribution >= 4 is 33.1 Å². The molecular weight excluding hydrogens is 559 g/mol. The largest absolute Gasteiger partial charge is 0.471 e. The van der Waals surface area contributed by atoms with E-state index in [9.17, 15) is 26.7 Å². The number of rotatable bonds is 11. The van der Waals surface area contributed by atoms with Gasteiger partial charge < -0.3 is 14.6 Å². The Kier molecular flexibility index (Phi) is 8.10. The van der Waals surface area contributed by atoms with Gasteiger partial charge in [0.05, 0.1) is 11.5 Å². The predicted molar refractivity (Wildman–Crippen MR) is 146 cm³/mol. The molecule has 0 saturated carbocycles. The summed E-state index contributed by atoms with van der Waals surface area (Å²) in [7, 11) is -3.90. The molecule has 0 fully saturated rings. The SMILES string of the molecule is O=S(=O)(c1ccc(CN(CCO)CCc2cc3ccccc3[nH]2)cc1)n1ccc(C=Cc2noc(C(F)(F)F)n2)c1. The van der Waals surface area contributed by atoms with Crippen LogP contribution in [0.5, 0.6) is 0 Å². The van der Waals surface area contributed by atoms with E-state index in [2.05, 4.69) is 30.6 Å². The Labute approximate surface area is 233 Å². The summed E-state index contributed by atoms with van der Waals surface area (Å²) >= 11 is 0. The molecule has 0 atom stereocenters. The van der Waals surface area contributed by atoms with E-state index in [4.69, 9.17) is 0 Å². The third-order valence-corrected chi connectivity index (χ3v) is 8.05. The number of hydrogen-bond acceptors (Lipinski definition) is 7. The van der Waals surface area contributed by atoms with Crippen LogP contribution in [0.2, 0.25) is 0 Å². The van der Waals surface area contributed by atoms with E-state index in [-0.39, 0.29) is 17.3 Å². The Hall–Kier alpha value is -4.20. The zero-order chi connectivity index (χ0) is 29.0. The molecule has 0 radical (unpaired) electrons. The van der Waals surface area contributed by atoms with Crippen molar-refractivity contribution in [3.8, 4) is 0 Å². The summed E-state index contributed by atoms with van der Waals surface area (Å²) in [4.78, 5) is 8.82. The van der Waals surface area contributed by atoms with Crippen LogP contribution in [-0.4, -0.2) is 57.2 Å². The van der Waals surface area contributed by atoms with Gasteiger partial charge in [0.25, 0.3) is 10.0 Å². The average Bonchev–Trinajstić information content (AvgIpc) is 3.70. The topological polar surface area (TPSA) is 117 Å². The fourth-order valence-corrected chi connectivity index (χ4v) is 5.54. The molecule has 2 N–H and O–H groups in total. The summed E-state index contributed by atoms with van der Waals surface area (Å²) in [5.41, 5.74) is 3.48. The molecule has 13 heteroatoms. The van der Waals surface area contributed by atoms with Gasteiger partial charge in [-0.2, -0.15) is 18.2 Å². The zero-order valence-corrected chi connectivity index (χ0v) is 22.4. The minimum absolute atomic E-state index is 0.000212. The molecule has 0 amide bonds. The third kappa shape index (κ3) is 6.76. The van der Waals surface area contributed by atoms with Crippen LogP contribution in [0.1, 0.15) is 28.5 Å². The second-order valence-electron chi connectivity index (χ2n) is 9.34. The number of aromatic amines is 1. The quantitative estimate of drug-likeness (QED) is 0.228. The van der Waals surface area contributed by atoms with Crippen LogP contribution < -0.4 is 0 Å². The number of aromatic nitrogens is 4. The highest BCUT2D eigenvalue weighted by Crippen LogP contribution is 2.27. The summed E-state index contributed by atoms with van der Waals surface area (Å²) in [6, 6.07) is 18.2. The van der Waals surface area contributed by atoms with Crippen LogP contribution in [0, 0.1) is 0 Å². The number of nitrogens with one attached hydrogen (secondary N) is 1. The van der Waals surface area contributed by atoms with Crippen molar-refractivity contribution in [2.45, 2.75) is 24.0 Å². The maximum absolute atomic E-state index is 13.1. The zero-order valence-electron chi connectivity index (χ0n) is 21.6. The summed E-state index contributed by atoms with van der Waals surface area (Å²) in [6.07, 6.45) is 1.26. The number of hydrogen-bond donors (Lipinski definition) is 2. The van der Waals surface area contributed by atoms with Gasteiger partial charge in [-0.15, -0.1) is 0 Å². The molecule has 2 aromatic carbocycles. The van der Waals surface area contributed by atoms with E-state index in [1.54, 1.807) is 12.1 Å². The highest BCUT2D eigenvalue weighted by molar-refractivity contribution is 7.90. The first-order chi connectivity index (χ1) is 19.6. The van der Waals surface area contributed by atoms with E-state index < -0.39 is 22.1 Å². The molecule has 0 aliphatic rings. The summed E-state index contributed by atoms with van der Waals surface area (Å²) < 4.78 is 69.3. The molecule has 3 aromatic heterocycles. The number of benzene rings is 2.